The standard InChI is InChI=1S/C19H21NO4S/c1-13(19(21)20-14-4-6-15(22-2)7-5-14)25-16-8-9-17-18(12-16)24-11-3-10-23-17/h4-9,12-13H,3,10-11H2,1-2H3,(H,20,21)/t13-/m1/s1. The van der Waals surface area contributed by atoms with Crippen LogP contribution in [0.25, 0.3) is 0 Å². The summed E-state index contributed by atoms with van der Waals surface area (Å²) in [6, 6.07) is 13.1. The highest BCUT2D eigenvalue weighted by Crippen LogP contribution is 2.35. The Bertz CT molecular complexity index is 733. The third-order valence-corrected chi connectivity index (χ3v) is 4.85. The Labute approximate surface area is 151 Å². The van der Waals surface area contributed by atoms with E-state index in [2.05, 4.69) is 5.32 Å². The minimum absolute atomic E-state index is 0.0534. The molecule has 6 heteroatoms. The molecule has 1 aliphatic rings. The van der Waals surface area contributed by atoms with E-state index >= 15 is 0 Å². The van der Waals surface area contributed by atoms with E-state index in [1.54, 1.807) is 7.11 Å². The second-order valence-corrected chi connectivity index (χ2v) is 7.05. The molecule has 0 bridgehead atoms. The molecule has 5 nitrogen and oxygen atoms in total. The van der Waals surface area contributed by atoms with Gasteiger partial charge in [-0.15, -0.1) is 11.8 Å². The molecule has 1 heterocycles. The molecule has 0 saturated carbocycles. The Morgan fingerprint density at radius 3 is 2.56 bits per heavy atom. The number of benzene rings is 2. The van der Waals surface area contributed by atoms with Crippen molar-refractivity contribution in [3.05, 3.63) is 42.5 Å². The molecule has 2 aromatic rings. The van der Waals surface area contributed by atoms with Crippen LogP contribution in [0.15, 0.2) is 47.4 Å². The molecule has 25 heavy (non-hydrogen) atoms. The van der Waals surface area contributed by atoms with Gasteiger partial charge in [-0.05, 0) is 49.4 Å². The summed E-state index contributed by atoms with van der Waals surface area (Å²) in [6.45, 7) is 3.20. The quantitative estimate of drug-likeness (QED) is 0.819. The number of hydrogen-bond acceptors (Lipinski definition) is 5. The van der Waals surface area contributed by atoms with Gasteiger partial charge >= 0.3 is 0 Å². The van der Waals surface area contributed by atoms with Gasteiger partial charge in [0.1, 0.15) is 5.75 Å². The highest BCUT2D eigenvalue weighted by atomic mass is 32.2. The van der Waals surface area contributed by atoms with Gasteiger partial charge in [-0.25, -0.2) is 0 Å². The highest BCUT2D eigenvalue weighted by molar-refractivity contribution is 8.00. The van der Waals surface area contributed by atoms with Gasteiger partial charge in [0.15, 0.2) is 11.5 Å². The van der Waals surface area contributed by atoms with Crippen LogP contribution in [-0.4, -0.2) is 31.5 Å². The van der Waals surface area contributed by atoms with Crippen molar-refractivity contribution >= 4 is 23.4 Å². The summed E-state index contributed by atoms with van der Waals surface area (Å²) in [5.41, 5.74) is 0.747. The Balaban J connectivity index is 1.61. The average Bonchev–Trinajstić information content (AvgIpc) is 2.87. The first-order chi connectivity index (χ1) is 12.2. The van der Waals surface area contributed by atoms with E-state index in [4.69, 9.17) is 14.2 Å². The van der Waals surface area contributed by atoms with Crippen molar-refractivity contribution in [1.29, 1.82) is 0 Å². The molecule has 0 spiro atoms. The van der Waals surface area contributed by atoms with Gasteiger partial charge in [0.2, 0.25) is 5.91 Å². The van der Waals surface area contributed by atoms with Gasteiger partial charge in [-0.1, -0.05) is 0 Å². The number of methoxy groups -OCH3 is 1. The summed E-state index contributed by atoms with van der Waals surface area (Å²) in [5.74, 6) is 2.21. The van der Waals surface area contributed by atoms with Crippen molar-refractivity contribution in [2.75, 3.05) is 25.6 Å². The summed E-state index contributed by atoms with van der Waals surface area (Å²) in [5, 5.41) is 2.67. The lowest BCUT2D eigenvalue weighted by Gasteiger charge is -2.14. The fraction of sp³-hybridized carbons (Fsp3) is 0.316. The second kappa shape index (κ2) is 8.16. The number of rotatable bonds is 5. The van der Waals surface area contributed by atoms with Crippen molar-refractivity contribution < 1.29 is 19.0 Å². The second-order valence-electron chi connectivity index (χ2n) is 5.64. The predicted octanol–water partition coefficient (Wildman–Crippen LogP) is 3.98. The topological polar surface area (TPSA) is 56.8 Å². The van der Waals surface area contributed by atoms with Crippen LogP contribution in [-0.2, 0) is 4.79 Å². The van der Waals surface area contributed by atoms with Crippen molar-refractivity contribution in [3.8, 4) is 17.2 Å². The lowest BCUT2D eigenvalue weighted by Crippen LogP contribution is -2.22. The molecule has 1 N–H and O–H groups in total. The average molecular weight is 359 g/mol. The molecular weight excluding hydrogens is 338 g/mol. The molecule has 1 aliphatic heterocycles. The van der Waals surface area contributed by atoms with Crippen molar-refractivity contribution in [3.63, 3.8) is 0 Å². The molecule has 0 aromatic heterocycles. The smallest absolute Gasteiger partial charge is 0.237 e. The molecule has 3 rings (SSSR count). The molecule has 0 saturated heterocycles. The van der Waals surface area contributed by atoms with Crippen molar-refractivity contribution in [2.45, 2.75) is 23.5 Å². The number of hydrogen-bond donors (Lipinski definition) is 1. The lowest BCUT2D eigenvalue weighted by atomic mass is 10.3. The van der Waals surface area contributed by atoms with E-state index in [0.717, 1.165) is 34.3 Å². The molecule has 1 atom stereocenters. The van der Waals surface area contributed by atoms with Crippen LogP contribution < -0.4 is 19.5 Å². The molecule has 0 unspecified atom stereocenters. The zero-order valence-corrected chi connectivity index (χ0v) is 15.1. The summed E-state index contributed by atoms with van der Waals surface area (Å²) >= 11 is 1.49. The van der Waals surface area contributed by atoms with Crippen LogP contribution in [0.1, 0.15) is 13.3 Å². The molecule has 0 aliphatic carbocycles. The number of carbonyl (C=O) groups is 1. The maximum atomic E-state index is 12.4. The highest BCUT2D eigenvalue weighted by Gasteiger charge is 2.17. The van der Waals surface area contributed by atoms with Crippen LogP contribution in [0.4, 0.5) is 5.69 Å². The molecule has 2 aromatic carbocycles. The Morgan fingerprint density at radius 2 is 1.84 bits per heavy atom. The molecule has 0 fully saturated rings. The number of nitrogens with one attached hydrogen (secondary N) is 1. The van der Waals surface area contributed by atoms with Gasteiger partial charge < -0.3 is 19.5 Å². The van der Waals surface area contributed by atoms with Crippen LogP contribution in [0.5, 0.6) is 17.2 Å². The van der Waals surface area contributed by atoms with Crippen molar-refractivity contribution in [1.82, 2.24) is 0 Å². The largest absolute Gasteiger partial charge is 0.497 e. The maximum Gasteiger partial charge on any atom is 0.237 e. The first-order valence-electron chi connectivity index (χ1n) is 8.17. The number of thioether (sulfide) groups is 1. The zero-order valence-electron chi connectivity index (χ0n) is 14.3. The monoisotopic (exact) mass is 359 g/mol. The van der Waals surface area contributed by atoms with Gasteiger partial charge in [-0.3, -0.25) is 4.79 Å². The molecule has 132 valence electrons. The van der Waals surface area contributed by atoms with E-state index in [1.165, 1.54) is 11.8 Å². The van der Waals surface area contributed by atoms with Gasteiger partial charge in [0.25, 0.3) is 0 Å². The maximum absolute atomic E-state index is 12.4. The predicted molar refractivity (Wildman–Crippen MR) is 99.0 cm³/mol. The normalized spacial score (nSPS) is 14.3. The zero-order chi connectivity index (χ0) is 17.6. The number of carbonyl (C=O) groups excluding carboxylic acids is 1. The number of anilines is 1. The third-order valence-electron chi connectivity index (χ3n) is 3.76. The Kier molecular flexibility index (Phi) is 5.71. The van der Waals surface area contributed by atoms with Gasteiger partial charge in [-0.2, -0.15) is 0 Å². The number of amides is 1. The number of fused-ring (bicyclic) bond motifs is 1. The summed E-state index contributed by atoms with van der Waals surface area (Å²) < 4.78 is 16.4. The van der Waals surface area contributed by atoms with E-state index < -0.39 is 0 Å². The van der Waals surface area contributed by atoms with E-state index in [9.17, 15) is 4.79 Å². The first kappa shape index (κ1) is 17.5. The van der Waals surface area contributed by atoms with E-state index in [0.29, 0.717) is 13.2 Å². The third kappa shape index (κ3) is 4.60. The van der Waals surface area contributed by atoms with Crippen LogP contribution in [0.2, 0.25) is 0 Å². The number of ether oxygens (including phenoxy) is 3. The SMILES string of the molecule is COc1ccc(NC(=O)[C@@H](C)Sc2ccc3c(c2)OCCCO3)cc1. The summed E-state index contributed by atoms with van der Waals surface area (Å²) in [7, 11) is 1.61. The molecule has 0 radical (unpaired) electrons. The minimum atomic E-state index is -0.244. The molecular formula is C19H21NO4S. The van der Waals surface area contributed by atoms with Crippen LogP contribution >= 0.6 is 11.8 Å². The summed E-state index contributed by atoms with van der Waals surface area (Å²) in [4.78, 5) is 13.4. The lowest BCUT2D eigenvalue weighted by molar-refractivity contribution is -0.115. The van der Waals surface area contributed by atoms with Crippen LogP contribution in [0.3, 0.4) is 0 Å². The minimum Gasteiger partial charge on any atom is -0.497 e. The van der Waals surface area contributed by atoms with Gasteiger partial charge in [0.05, 0.1) is 25.6 Å². The Morgan fingerprint density at radius 1 is 1.12 bits per heavy atom. The fourth-order valence-electron chi connectivity index (χ4n) is 2.39. The van der Waals surface area contributed by atoms with Crippen molar-refractivity contribution in [2.24, 2.45) is 0 Å². The molecule has 1 amide bonds. The van der Waals surface area contributed by atoms with E-state index in [-0.39, 0.29) is 11.2 Å². The van der Waals surface area contributed by atoms with Crippen LogP contribution in [0, 0.1) is 0 Å². The summed E-state index contributed by atoms with van der Waals surface area (Å²) in [6.07, 6.45) is 0.873. The van der Waals surface area contributed by atoms with Gasteiger partial charge in [0, 0.05) is 17.0 Å². The Hall–Kier alpha value is -2.34. The first-order valence-corrected chi connectivity index (χ1v) is 9.05. The van der Waals surface area contributed by atoms with E-state index in [1.807, 2.05) is 49.4 Å². The fourth-order valence-corrected chi connectivity index (χ4v) is 3.29.